The van der Waals surface area contributed by atoms with Gasteiger partial charge in [-0.15, -0.1) is 0 Å². The molecule has 29 heavy (non-hydrogen) atoms. The Balaban J connectivity index is 2.07. The van der Waals surface area contributed by atoms with Gasteiger partial charge in [0.2, 0.25) is 10.0 Å². The van der Waals surface area contributed by atoms with E-state index in [0.717, 1.165) is 17.8 Å². The van der Waals surface area contributed by atoms with E-state index in [1.54, 1.807) is 33.0 Å². The molecular weight excluding hydrogens is 437 g/mol. The minimum absolute atomic E-state index is 0.0340. The topological polar surface area (TPSA) is 81.1 Å². The van der Waals surface area contributed by atoms with E-state index in [4.69, 9.17) is 11.6 Å². The van der Waals surface area contributed by atoms with Gasteiger partial charge in [0.15, 0.2) is 0 Å². The molecule has 0 bridgehead atoms. The largest absolute Gasteiger partial charge is 0.302 e. The molecule has 1 N–H and O–H groups in total. The van der Waals surface area contributed by atoms with Crippen LogP contribution in [0, 0.1) is 12.7 Å². The number of aryl methyl sites for hydroxylation is 2. The number of nitrogens with one attached hydrogen (secondary N) is 1. The van der Waals surface area contributed by atoms with Gasteiger partial charge in [0.25, 0.3) is 5.56 Å². The van der Waals surface area contributed by atoms with Crippen molar-refractivity contribution in [1.29, 1.82) is 0 Å². The first-order valence-corrected chi connectivity index (χ1v) is 11.6. The Hall–Kier alpha value is -2.10. The van der Waals surface area contributed by atoms with Crippen molar-refractivity contribution in [2.75, 3.05) is 10.5 Å². The summed E-state index contributed by atoms with van der Waals surface area (Å²) >= 11 is 7.36. The highest BCUT2D eigenvalue weighted by atomic mass is 35.5. The lowest BCUT2D eigenvalue weighted by Gasteiger charge is -2.14. The minimum atomic E-state index is -3.58. The summed E-state index contributed by atoms with van der Waals surface area (Å²) in [6, 6.07) is 5.88. The fraction of sp³-hybridized carbons (Fsp3) is 0.263. The summed E-state index contributed by atoms with van der Waals surface area (Å²) in [5.41, 5.74) is 1.10. The number of nitrogens with zero attached hydrogens (tertiary/aromatic N) is 2. The Morgan fingerprint density at radius 2 is 2.00 bits per heavy atom. The van der Waals surface area contributed by atoms with Crippen molar-refractivity contribution < 1.29 is 12.8 Å². The Labute approximate surface area is 177 Å². The predicted octanol–water partition coefficient (Wildman–Crippen LogP) is 4.34. The van der Waals surface area contributed by atoms with Crippen LogP contribution in [0.4, 0.5) is 10.1 Å². The third kappa shape index (κ3) is 4.41. The normalized spacial score (nSPS) is 11.8. The number of anilines is 1. The van der Waals surface area contributed by atoms with Crippen LogP contribution in [-0.4, -0.2) is 23.7 Å². The smallest absolute Gasteiger partial charge is 0.261 e. The van der Waals surface area contributed by atoms with E-state index in [1.165, 1.54) is 17.0 Å². The molecule has 1 aromatic heterocycles. The first-order chi connectivity index (χ1) is 13.6. The Morgan fingerprint density at radius 1 is 1.28 bits per heavy atom. The number of hydrogen-bond donors (Lipinski definition) is 1. The molecule has 0 amide bonds. The summed E-state index contributed by atoms with van der Waals surface area (Å²) in [6.45, 7) is 3.50. The van der Waals surface area contributed by atoms with E-state index in [9.17, 15) is 17.6 Å². The van der Waals surface area contributed by atoms with Crippen molar-refractivity contribution in [3.05, 3.63) is 57.3 Å². The molecule has 0 radical (unpaired) electrons. The highest BCUT2D eigenvalue weighted by molar-refractivity contribution is 7.99. The van der Waals surface area contributed by atoms with Crippen LogP contribution in [0.2, 0.25) is 5.02 Å². The molecule has 3 rings (SSSR count). The van der Waals surface area contributed by atoms with Gasteiger partial charge in [-0.05, 0) is 43.2 Å². The van der Waals surface area contributed by atoms with E-state index < -0.39 is 15.8 Å². The molecule has 0 aliphatic carbocycles. The third-order valence-electron chi connectivity index (χ3n) is 4.30. The first kappa shape index (κ1) is 21.6. The molecule has 1 heterocycles. The predicted molar refractivity (Wildman–Crippen MR) is 115 cm³/mol. The number of aromatic nitrogens is 2. The number of rotatable bonds is 6. The average Bonchev–Trinajstić information content (AvgIpc) is 2.65. The van der Waals surface area contributed by atoms with Gasteiger partial charge in [-0.3, -0.25) is 9.52 Å². The monoisotopic (exact) mass is 455 g/mol. The highest BCUT2D eigenvalue weighted by Gasteiger charge is 2.19. The van der Waals surface area contributed by atoms with Crippen LogP contribution in [-0.2, 0) is 17.1 Å². The first-order valence-electron chi connectivity index (χ1n) is 8.76. The molecule has 154 valence electrons. The summed E-state index contributed by atoms with van der Waals surface area (Å²) in [4.78, 5) is 17.4. The molecule has 0 aliphatic heterocycles. The number of fused-ring (bicyclic) bond motifs is 1. The van der Waals surface area contributed by atoms with Crippen molar-refractivity contribution in [3.8, 4) is 0 Å². The Morgan fingerprint density at radius 3 is 2.69 bits per heavy atom. The molecule has 0 spiro atoms. The van der Waals surface area contributed by atoms with Gasteiger partial charge in [-0.25, -0.2) is 17.8 Å². The summed E-state index contributed by atoms with van der Waals surface area (Å²) in [7, 11) is -1.97. The van der Waals surface area contributed by atoms with Crippen molar-refractivity contribution in [2.45, 2.75) is 30.1 Å². The highest BCUT2D eigenvalue weighted by Crippen LogP contribution is 2.41. The molecule has 0 aliphatic rings. The number of benzene rings is 2. The van der Waals surface area contributed by atoms with Crippen molar-refractivity contribution in [3.63, 3.8) is 0 Å². The molecular formula is C19H19ClFN3O3S2. The molecule has 0 unspecified atom stereocenters. The van der Waals surface area contributed by atoms with Gasteiger partial charge < -0.3 is 4.57 Å². The van der Waals surface area contributed by atoms with E-state index in [0.29, 0.717) is 27.8 Å². The van der Waals surface area contributed by atoms with Crippen LogP contribution in [0.15, 0.2) is 45.2 Å². The van der Waals surface area contributed by atoms with Crippen LogP contribution < -0.4 is 10.3 Å². The van der Waals surface area contributed by atoms with Gasteiger partial charge in [0.1, 0.15) is 5.82 Å². The summed E-state index contributed by atoms with van der Waals surface area (Å²) < 4.78 is 42.4. The van der Waals surface area contributed by atoms with Crippen molar-refractivity contribution in [1.82, 2.24) is 9.55 Å². The van der Waals surface area contributed by atoms with Crippen molar-refractivity contribution in [2.24, 2.45) is 7.05 Å². The second kappa shape index (κ2) is 8.33. The zero-order valence-electron chi connectivity index (χ0n) is 16.0. The lowest BCUT2D eigenvalue weighted by Crippen LogP contribution is -2.18. The van der Waals surface area contributed by atoms with Crippen LogP contribution in [0.5, 0.6) is 0 Å². The second-order valence-corrected chi connectivity index (χ2v) is 9.78. The minimum Gasteiger partial charge on any atom is -0.302 e. The SMILES string of the molecule is CCCS(=O)(=O)Nc1ccc(F)c(Sc2ccc3ncn(C)c(=O)c3c2C)c1Cl. The van der Waals surface area contributed by atoms with Crippen LogP contribution in [0.25, 0.3) is 10.9 Å². The molecule has 0 saturated heterocycles. The summed E-state index contributed by atoms with van der Waals surface area (Å²) in [6.07, 6.45) is 1.88. The van der Waals surface area contributed by atoms with Gasteiger partial charge in [0, 0.05) is 11.9 Å². The van der Waals surface area contributed by atoms with Crippen molar-refractivity contribution >= 4 is 50.0 Å². The standard InChI is InChI=1S/C19H19ClFN3O3S2/c1-4-9-29(26,27)23-14-6-5-12(21)18(17(14)20)28-15-8-7-13-16(11(15)2)19(25)24(3)10-22-13/h5-8,10,23H,4,9H2,1-3H3. The number of hydrogen-bond acceptors (Lipinski definition) is 5. The average molecular weight is 456 g/mol. The van der Waals surface area contributed by atoms with Crippen LogP contribution >= 0.6 is 23.4 Å². The molecule has 6 nitrogen and oxygen atoms in total. The molecule has 10 heteroatoms. The van der Waals surface area contributed by atoms with E-state index >= 15 is 0 Å². The van der Waals surface area contributed by atoms with Gasteiger partial charge in [-0.2, -0.15) is 0 Å². The maximum Gasteiger partial charge on any atom is 0.261 e. The third-order valence-corrected chi connectivity index (χ3v) is 7.54. The fourth-order valence-electron chi connectivity index (χ4n) is 2.85. The quantitative estimate of drug-likeness (QED) is 0.598. The van der Waals surface area contributed by atoms with Gasteiger partial charge in [0.05, 0.1) is 38.6 Å². The number of halogens is 2. The maximum absolute atomic E-state index is 14.5. The zero-order valence-corrected chi connectivity index (χ0v) is 18.4. The fourth-order valence-corrected chi connectivity index (χ4v) is 5.34. The number of sulfonamides is 1. The van der Waals surface area contributed by atoms with Gasteiger partial charge in [-0.1, -0.05) is 30.3 Å². The zero-order chi connectivity index (χ0) is 21.3. The molecule has 0 atom stereocenters. The summed E-state index contributed by atoms with van der Waals surface area (Å²) in [5.74, 6) is -0.652. The van der Waals surface area contributed by atoms with E-state index in [1.807, 2.05) is 0 Å². The molecule has 0 fully saturated rings. The van der Waals surface area contributed by atoms with E-state index in [-0.39, 0.29) is 26.9 Å². The van der Waals surface area contributed by atoms with Gasteiger partial charge >= 0.3 is 0 Å². The van der Waals surface area contributed by atoms with Crippen LogP contribution in [0.1, 0.15) is 18.9 Å². The second-order valence-electron chi connectivity index (χ2n) is 6.50. The molecule has 2 aromatic carbocycles. The Bertz CT molecular complexity index is 1260. The molecule has 3 aromatic rings. The maximum atomic E-state index is 14.5. The Kier molecular flexibility index (Phi) is 6.21. The lowest BCUT2D eigenvalue weighted by atomic mass is 10.1. The summed E-state index contributed by atoms with van der Waals surface area (Å²) in [5, 5.41) is 0.407. The van der Waals surface area contributed by atoms with E-state index in [2.05, 4.69) is 9.71 Å². The molecule has 0 saturated carbocycles. The van der Waals surface area contributed by atoms with Crippen LogP contribution in [0.3, 0.4) is 0 Å². The lowest BCUT2D eigenvalue weighted by molar-refractivity contribution is 0.597.